The van der Waals surface area contributed by atoms with Crippen molar-refractivity contribution in [2.45, 2.75) is 25.9 Å². The quantitative estimate of drug-likeness (QED) is 0.782. The van der Waals surface area contributed by atoms with Gasteiger partial charge in [0.25, 0.3) is 0 Å². The molecule has 14 heavy (non-hydrogen) atoms. The van der Waals surface area contributed by atoms with Crippen molar-refractivity contribution in [3.8, 4) is 0 Å². The minimum absolute atomic E-state index is 0.135. The van der Waals surface area contributed by atoms with Crippen LogP contribution in [0.1, 0.15) is 19.4 Å². The molecule has 0 spiro atoms. The lowest BCUT2D eigenvalue weighted by molar-refractivity contribution is 0.430. The number of hydrogen-bond donors (Lipinski definition) is 0. The molecule has 74 valence electrons. The van der Waals surface area contributed by atoms with Gasteiger partial charge in [0.05, 0.1) is 0 Å². The second-order valence-corrected chi connectivity index (χ2v) is 4.86. The normalized spacial score (nSPS) is 17.4. The minimum atomic E-state index is -0.135. The average Bonchev–Trinajstić information content (AvgIpc) is 2.90. The molecule has 0 fully saturated rings. The van der Waals surface area contributed by atoms with Gasteiger partial charge in [-0.2, -0.15) is 10.2 Å². The van der Waals surface area contributed by atoms with Gasteiger partial charge in [-0.3, -0.25) is 0 Å². The molecule has 0 aromatic heterocycles. The van der Waals surface area contributed by atoms with Crippen molar-refractivity contribution in [2.75, 3.05) is 0 Å². The van der Waals surface area contributed by atoms with E-state index in [0.717, 1.165) is 10.9 Å². The first kappa shape index (κ1) is 9.84. The van der Waals surface area contributed by atoms with E-state index in [1.54, 1.807) is 0 Å². The molecule has 0 N–H and O–H groups in total. The van der Waals surface area contributed by atoms with Gasteiger partial charge in [0.1, 0.15) is 0 Å². The summed E-state index contributed by atoms with van der Waals surface area (Å²) < 4.78 is 1.15. The maximum Gasteiger partial charge on any atom is 0.197 e. The van der Waals surface area contributed by atoms with E-state index in [1.807, 2.05) is 6.07 Å². The molecule has 0 aliphatic carbocycles. The second-order valence-electron chi connectivity index (χ2n) is 4.00. The van der Waals surface area contributed by atoms with Gasteiger partial charge < -0.3 is 0 Å². The van der Waals surface area contributed by atoms with Gasteiger partial charge in [-0.1, -0.05) is 48.0 Å². The lowest BCUT2D eigenvalue weighted by Crippen LogP contribution is -2.22. The number of hydrogen-bond acceptors (Lipinski definition) is 2. The van der Waals surface area contributed by atoms with Gasteiger partial charge in [0.2, 0.25) is 0 Å². The van der Waals surface area contributed by atoms with Crippen molar-refractivity contribution < 1.29 is 0 Å². The van der Waals surface area contributed by atoms with Crippen LogP contribution in [0.2, 0.25) is 0 Å². The molecule has 2 nitrogen and oxygen atoms in total. The van der Waals surface area contributed by atoms with E-state index in [2.05, 4.69) is 58.2 Å². The topological polar surface area (TPSA) is 24.7 Å². The third-order valence-corrected chi connectivity index (χ3v) is 3.46. The van der Waals surface area contributed by atoms with Crippen LogP contribution in [-0.4, -0.2) is 5.66 Å². The van der Waals surface area contributed by atoms with Gasteiger partial charge >= 0.3 is 0 Å². The Bertz CT molecular complexity index is 365. The molecule has 0 unspecified atom stereocenters. The standard InChI is InChI=1S/C11H13BrN2/c1-8(2)11(13-14-11)7-9-5-3-4-6-10(9)12/h3-6,8H,7H2,1-2H3. The van der Waals surface area contributed by atoms with E-state index in [0.29, 0.717) is 5.92 Å². The van der Waals surface area contributed by atoms with E-state index in [4.69, 9.17) is 0 Å². The Balaban J connectivity index is 2.16. The van der Waals surface area contributed by atoms with Crippen LogP contribution in [0.25, 0.3) is 0 Å². The number of rotatable bonds is 3. The van der Waals surface area contributed by atoms with Crippen molar-refractivity contribution in [3.63, 3.8) is 0 Å². The summed E-state index contributed by atoms with van der Waals surface area (Å²) in [7, 11) is 0. The molecule has 1 aliphatic rings. The van der Waals surface area contributed by atoms with E-state index >= 15 is 0 Å². The molecule has 1 aliphatic heterocycles. The highest BCUT2D eigenvalue weighted by Gasteiger charge is 2.43. The van der Waals surface area contributed by atoms with Crippen molar-refractivity contribution in [3.05, 3.63) is 34.3 Å². The lowest BCUT2D eigenvalue weighted by Gasteiger charge is -2.15. The molecule has 0 radical (unpaired) electrons. The van der Waals surface area contributed by atoms with Crippen LogP contribution in [0.3, 0.4) is 0 Å². The SMILES string of the molecule is CC(C)C1(Cc2ccccc2Br)N=N1. The third-order valence-electron chi connectivity index (χ3n) is 2.69. The van der Waals surface area contributed by atoms with Crippen LogP contribution in [0, 0.1) is 5.92 Å². The molecule has 0 bridgehead atoms. The summed E-state index contributed by atoms with van der Waals surface area (Å²) in [5.41, 5.74) is 1.15. The summed E-state index contributed by atoms with van der Waals surface area (Å²) in [5.74, 6) is 0.481. The van der Waals surface area contributed by atoms with Crippen molar-refractivity contribution in [1.82, 2.24) is 0 Å². The van der Waals surface area contributed by atoms with Crippen LogP contribution in [0.15, 0.2) is 39.0 Å². The maximum absolute atomic E-state index is 4.17. The Hall–Kier alpha value is -0.700. The summed E-state index contributed by atoms with van der Waals surface area (Å²) in [5, 5.41) is 8.35. The summed E-state index contributed by atoms with van der Waals surface area (Å²) in [6.07, 6.45) is 0.909. The van der Waals surface area contributed by atoms with Crippen LogP contribution in [0.5, 0.6) is 0 Å². The Morgan fingerprint density at radius 2 is 1.93 bits per heavy atom. The second kappa shape index (κ2) is 3.46. The van der Waals surface area contributed by atoms with Crippen molar-refractivity contribution in [2.24, 2.45) is 16.1 Å². The highest BCUT2D eigenvalue weighted by Crippen LogP contribution is 2.40. The Morgan fingerprint density at radius 3 is 2.43 bits per heavy atom. The van der Waals surface area contributed by atoms with Gasteiger partial charge in [0, 0.05) is 16.8 Å². The zero-order valence-electron chi connectivity index (χ0n) is 8.37. The third kappa shape index (κ3) is 1.73. The first-order valence-corrected chi connectivity index (χ1v) is 5.61. The Labute approximate surface area is 92.6 Å². The molecule has 0 saturated carbocycles. The van der Waals surface area contributed by atoms with Crippen LogP contribution >= 0.6 is 15.9 Å². The number of benzene rings is 1. The lowest BCUT2D eigenvalue weighted by atomic mass is 9.93. The molecule has 1 aromatic rings. The van der Waals surface area contributed by atoms with Crippen molar-refractivity contribution >= 4 is 15.9 Å². The number of halogens is 1. The van der Waals surface area contributed by atoms with E-state index in [-0.39, 0.29) is 5.66 Å². The molecule has 0 saturated heterocycles. The van der Waals surface area contributed by atoms with Gasteiger partial charge in [-0.05, 0) is 11.6 Å². The average molecular weight is 253 g/mol. The molecule has 0 atom stereocenters. The zero-order chi connectivity index (χ0) is 10.2. The van der Waals surface area contributed by atoms with Crippen LogP contribution in [0.4, 0.5) is 0 Å². The number of nitrogens with zero attached hydrogens (tertiary/aromatic N) is 2. The molecule has 1 heterocycles. The van der Waals surface area contributed by atoms with Gasteiger partial charge in [-0.25, -0.2) is 0 Å². The largest absolute Gasteiger partial charge is 0.197 e. The first-order chi connectivity index (χ1) is 6.64. The van der Waals surface area contributed by atoms with Gasteiger partial charge in [0.15, 0.2) is 5.66 Å². The molecule has 0 amide bonds. The first-order valence-electron chi connectivity index (χ1n) is 4.81. The summed E-state index contributed by atoms with van der Waals surface area (Å²) in [6.45, 7) is 4.33. The van der Waals surface area contributed by atoms with E-state index in [1.165, 1.54) is 5.56 Å². The molecular weight excluding hydrogens is 240 g/mol. The highest BCUT2D eigenvalue weighted by molar-refractivity contribution is 9.10. The van der Waals surface area contributed by atoms with E-state index in [9.17, 15) is 0 Å². The Kier molecular flexibility index (Phi) is 2.43. The molecular formula is C11H13BrN2. The smallest absolute Gasteiger partial charge is 0.158 e. The minimum Gasteiger partial charge on any atom is -0.158 e. The monoisotopic (exact) mass is 252 g/mol. The Morgan fingerprint density at radius 1 is 1.29 bits per heavy atom. The predicted molar refractivity (Wildman–Crippen MR) is 60.3 cm³/mol. The molecule has 1 aromatic carbocycles. The fraction of sp³-hybridized carbons (Fsp3) is 0.455. The van der Waals surface area contributed by atoms with Gasteiger partial charge in [-0.15, -0.1) is 0 Å². The van der Waals surface area contributed by atoms with E-state index < -0.39 is 0 Å². The summed E-state index contributed by atoms with van der Waals surface area (Å²) in [4.78, 5) is 0. The predicted octanol–water partition coefficient (Wildman–Crippen LogP) is 3.81. The summed E-state index contributed by atoms with van der Waals surface area (Å²) >= 11 is 3.54. The maximum atomic E-state index is 4.17. The fourth-order valence-corrected chi connectivity index (χ4v) is 1.92. The zero-order valence-corrected chi connectivity index (χ0v) is 9.95. The highest BCUT2D eigenvalue weighted by atomic mass is 79.9. The van der Waals surface area contributed by atoms with Crippen LogP contribution < -0.4 is 0 Å². The summed E-state index contributed by atoms with van der Waals surface area (Å²) in [6, 6.07) is 8.26. The molecule has 2 rings (SSSR count). The van der Waals surface area contributed by atoms with Crippen molar-refractivity contribution in [1.29, 1.82) is 0 Å². The fourth-order valence-electron chi connectivity index (χ4n) is 1.49. The van der Waals surface area contributed by atoms with Crippen LogP contribution in [-0.2, 0) is 6.42 Å². The molecule has 3 heteroatoms.